The summed E-state index contributed by atoms with van der Waals surface area (Å²) >= 11 is 0. The zero-order valence-corrected chi connectivity index (χ0v) is 10.8. The van der Waals surface area contributed by atoms with Gasteiger partial charge in [0.2, 0.25) is 0 Å². The second-order valence-corrected chi connectivity index (χ2v) is 4.85. The highest BCUT2D eigenvalue weighted by Crippen LogP contribution is 2.34. The van der Waals surface area contributed by atoms with Gasteiger partial charge in [0, 0.05) is 0 Å². The average Bonchev–Trinajstić information content (AvgIpc) is 2.36. The fourth-order valence-electron chi connectivity index (χ4n) is 2.59. The predicted octanol–water partition coefficient (Wildman–Crippen LogP) is 2.50. The molecule has 0 bridgehead atoms. The molecule has 0 heterocycles. The fraction of sp³-hybridized carbons (Fsp3) is 0.923. The van der Waals surface area contributed by atoms with E-state index >= 15 is 0 Å². The largest absolute Gasteiger partial charge is 0.468 e. The minimum atomic E-state index is -0.392. The quantitative estimate of drug-likeness (QED) is 0.733. The minimum Gasteiger partial charge on any atom is -0.468 e. The first-order valence-electron chi connectivity index (χ1n) is 6.52. The van der Waals surface area contributed by atoms with Crippen molar-refractivity contribution in [3.63, 3.8) is 0 Å². The zero-order chi connectivity index (χ0) is 12.0. The summed E-state index contributed by atoms with van der Waals surface area (Å²) in [6.07, 6.45) is 6.42. The lowest BCUT2D eigenvalue weighted by atomic mass is 9.75. The van der Waals surface area contributed by atoms with Crippen LogP contribution >= 0.6 is 0 Å². The van der Waals surface area contributed by atoms with E-state index in [0.717, 1.165) is 44.6 Å². The van der Waals surface area contributed by atoms with Crippen molar-refractivity contribution >= 4 is 5.97 Å². The molecule has 1 rings (SSSR count). The lowest BCUT2D eigenvalue weighted by Gasteiger charge is -2.38. The van der Waals surface area contributed by atoms with Gasteiger partial charge in [-0.1, -0.05) is 20.3 Å². The zero-order valence-electron chi connectivity index (χ0n) is 10.8. The van der Waals surface area contributed by atoms with Crippen LogP contribution in [0, 0.1) is 5.92 Å². The smallest absolute Gasteiger partial charge is 0.326 e. The number of hydrogen-bond acceptors (Lipinski definition) is 3. The van der Waals surface area contributed by atoms with Crippen LogP contribution in [-0.4, -0.2) is 25.2 Å². The van der Waals surface area contributed by atoms with E-state index < -0.39 is 5.54 Å². The second kappa shape index (κ2) is 6.24. The Morgan fingerprint density at radius 2 is 2.00 bits per heavy atom. The SMILES string of the molecule is CCCNC1(C(=O)OC)CCC(CC)CC1. The van der Waals surface area contributed by atoms with E-state index in [4.69, 9.17) is 4.74 Å². The van der Waals surface area contributed by atoms with Gasteiger partial charge in [0.1, 0.15) is 5.54 Å². The Labute approximate surface area is 98.9 Å². The van der Waals surface area contributed by atoms with E-state index in [9.17, 15) is 4.79 Å². The highest BCUT2D eigenvalue weighted by molar-refractivity contribution is 5.80. The van der Waals surface area contributed by atoms with Crippen molar-refractivity contribution in [1.82, 2.24) is 5.32 Å². The van der Waals surface area contributed by atoms with E-state index in [2.05, 4.69) is 19.2 Å². The van der Waals surface area contributed by atoms with E-state index in [1.54, 1.807) is 0 Å². The summed E-state index contributed by atoms with van der Waals surface area (Å²) in [5.74, 6) is 0.719. The molecule has 1 N–H and O–H groups in total. The van der Waals surface area contributed by atoms with Crippen LogP contribution < -0.4 is 5.32 Å². The molecule has 0 aromatic carbocycles. The molecule has 0 saturated heterocycles. The number of hydrogen-bond donors (Lipinski definition) is 1. The van der Waals surface area contributed by atoms with Crippen molar-refractivity contribution in [1.29, 1.82) is 0 Å². The van der Waals surface area contributed by atoms with Crippen molar-refractivity contribution in [3.8, 4) is 0 Å². The van der Waals surface area contributed by atoms with Crippen molar-refractivity contribution in [3.05, 3.63) is 0 Å². The van der Waals surface area contributed by atoms with Gasteiger partial charge in [-0.25, -0.2) is 0 Å². The molecule has 0 aromatic rings. The number of esters is 1. The Bertz CT molecular complexity index is 220. The summed E-state index contributed by atoms with van der Waals surface area (Å²) in [4.78, 5) is 11.9. The van der Waals surface area contributed by atoms with Gasteiger partial charge in [-0.3, -0.25) is 4.79 Å². The Balaban J connectivity index is 2.62. The Hall–Kier alpha value is -0.570. The number of carbonyl (C=O) groups is 1. The Morgan fingerprint density at radius 3 is 2.44 bits per heavy atom. The molecule has 1 fully saturated rings. The topological polar surface area (TPSA) is 38.3 Å². The highest BCUT2D eigenvalue weighted by atomic mass is 16.5. The van der Waals surface area contributed by atoms with Crippen LogP contribution in [0.2, 0.25) is 0 Å². The standard InChI is InChI=1S/C13H25NO2/c1-4-10-14-13(12(15)16-3)8-6-11(5-2)7-9-13/h11,14H,4-10H2,1-3H3. The summed E-state index contributed by atoms with van der Waals surface area (Å²) in [6, 6.07) is 0. The normalized spacial score (nSPS) is 30.1. The molecule has 0 unspecified atom stereocenters. The second-order valence-electron chi connectivity index (χ2n) is 4.85. The van der Waals surface area contributed by atoms with Crippen molar-refractivity contribution in [2.24, 2.45) is 5.92 Å². The van der Waals surface area contributed by atoms with Gasteiger partial charge in [-0.05, 0) is 44.6 Å². The van der Waals surface area contributed by atoms with E-state index in [0.29, 0.717) is 0 Å². The number of ether oxygens (including phenoxy) is 1. The lowest BCUT2D eigenvalue weighted by molar-refractivity contribution is -0.150. The molecule has 0 aliphatic heterocycles. The van der Waals surface area contributed by atoms with E-state index in [1.807, 2.05) is 0 Å². The van der Waals surface area contributed by atoms with Crippen LogP contribution in [0.1, 0.15) is 52.4 Å². The summed E-state index contributed by atoms with van der Waals surface area (Å²) in [5, 5.41) is 3.41. The molecule has 3 heteroatoms. The van der Waals surface area contributed by atoms with Gasteiger partial charge < -0.3 is 10.1 Å². The molecule has 3 nitrogen and oxygen atoms in total. The molecular weight excluding hydrogens is 202 g/mol. The molecule has 0 spiro atoms. The number of methoxy groups -OCH3 is 1. The summed E-state index contributed by atoms with van der Waals surface area (Å²) < 4.78 is 4.96. The van der Waals surface area contributed by atoms with Crippen molar-refractivity contribution in [2.75, 3.05) is 13.7 Å². The Kier molecular flexibility index (Phi) is 5.26. The van der Waals surface area contributed by atoms with Crippen molar-refractivity contribution < 1.29 is 9.53 Å². The van der Waals surface area contributed by atoms with E-state index in [-0.39, 0.29) is 5.97 Å². The molecule has 94 valence electrons. The van der Waals surface area contributed by atoms with Crippen molar-refractivity contribution in [2.45, 2.75) is 57.9 Å². The van der Waals surface area contributed by atoms with Gasteiger partial charge in [0.25, 0.3) is 0 Å². The van der Waals surface area contributed by atoms with E-state index in [1.165, 1.54) is 13.5 Å². The third kappa shape index (κ3) is 2.97. The molecule has 0 amide bonds. The summed E-state index contributed by atoms with van der Waals surface area (Å²) in [5.41, 5.74) is -0.392. The molecule has 16 heavy (non-hydrogen) atoms. The molecule has 1 aliphatic rings. The first-order valence-corrected chi connectivity index (χ1v) is 6.52. The van der Waals surface area contributed by atoms with Gasteiger partial charge in [0.15, 0.2) is 0 Å². The van der Waals surface area contributed by atoms with Crippen LogP contribution in [0.5, 0.6) is 0 Å². The molecule has 0 aromatic heterocycles. The number of nitrogens with one attached hydrogen (secondary N) is 1. The van der Waals surface area contributed by atoms with Crippen LogP contribution in [-0.2, 0) is 9.53 Å². The van der Waals surface area contributed by atoms with Crippen LogP contribution in [0.4, 0.5) is 0 Å². The maximum Gasteiger partial charge on any atom is 0.326 e. The average molecular weight is 227 g/mol. The predicted molar refractivity (Wildman–Crippen MR) is 65.3 cm³/mol. The monoisotopic (exact) mass is 227 g/mol. The highest BCUT2D eigenvalue weighted by Gasteiger charge is 2.41. The van der Waals surface area contributed by atoms with Crippen LogP contribution in [0.25, 0.3) is 0 Å². The summed E-state index contributed by atoms with van der Waals surface area (Å²) in [7, 11) is 1.49. The maximum atomic E-state index is 11.9. The first-order chi connectivity index (χ1) is 7.68. The van der Waals surface area contributed by atoms with Gasteiger partial charge in [0.05, 0.1) is 7.11 Å². The van der Waals surface area contributed by atoms with Crippen LogP contribution in [0.15, 0.2) is 0 Å². The molecule has 0 radical (unpaired) electrons. The third-order valence-corrected chi connectivity index (χ3v) is 3.83. The first kappa shape index (κ1) is 13.5. The number of carbonyl (C=O) groups excluding carboxylic acids is 1. The lowest BCUT2D eigenvalue weighted by Crippen LogP contribution is -2.55. The Morgan fingerprint density at radius 1 is 1.38 bits per heavy atom. The molecule has 1 aliphatic carbocycles. The number of rotatable bonds is 5. The third-order valence-electron chi connectivity index (χ3n) is 3.83. The molecular formula is C13H25NO2. The maximum absolute atomic E-state index is 11.9. The fourth-order valence-corrected chi connectivity index (χ4v) is 2.59. The molecule has 1 saturated carbocycles. The van der Waals surface area contributed by atoms with Gasteiger partial charge in [-0.15, -0.1) is 0 Å². The van der Waals surface area contributed by atoms with Gasteiger partial charge in [-0.2, -0.15) is 0 Å². The summed E-state index contributed by atoms with van der Waals surface area (Å²) in [6.45, 7) is 5.25. The van der Waals surface area contributed by atoms with Gasteiger partial charge >= 0.3 is 5.97 Å². The molecule has 0 atom stereocenters. The minimum absolute atomic E-state index is 0.0736. The van der Waals surface area contributed by atoms with Crippen LogP contribution in [0.3, 0.4) is 0 Å².